The molecule has 100 valence electrons. The van der Waals surface area contributed by atoms with Crippen LogP contribution in [0.2, 0.25) is 0 Å². The normalized spacial score (nSPS) is 11.6. The van der Waals surface area contributed by atoms with Crippen molar-refractivity contribution < 1.29 is 0 Å². The maximum absolute atomic E-state index is 5.47. The topological polar surface area (TPSA) is 38.0 Å². The van der Waals surface area contributed by atoms with Gasteiger partial charge in [-0.3, -0.25) is 0 Å². The van der Waals surface area contributed by atoms with E-state index in [2.05, 4.69) is 48.8 Å². The standard InChI is InChI=1S/C15H24N2S/c1-3-4-5-10-17-15-8-6-14(7-9-15)13(2)11-18-12-16/h6-9,11,17H,3-5,10,12,16H2,1-2H3/b13-11+. The largest absolute Gasteiger partial charge is 0.385 e. The van der Waals surface area contributed by atoms with Crippen LogP contribution < -0.4 is 11.1 Å². The highest BCUT2D eigenvalue weighted by atomic mass is 32.2. The van der Waals surface area contributed by atoms with Gasteiger partial charge in [0.25, 0.3) is 0 Å². The molecule has 0 heterocycles. The monoisotopic (exact) mass is 264 g/mol. The van der Waals surface area contributed by atoms with Gasteiger partial charge in [0.2, 0.25) is 0 Å². The van der Waals surface area contributed by atoms with Gasteiger partial charge in [-0.05, 0) is 42.0 Å². The number of thioether (sulfide) groups is 1. The molecule has 3 N–H and O–H groups in total. The lowest BCUT2D eigenvalue weighted by molar-refractivity contribution is 0.744. The van der Waals surface area contributed by atoms with E-state index in [1.54, 1.807) is 11.8 Å². The van der Waals surface area contributed by atoms with Gasteiger partial charge in [-0.1, -0.05) is 31.9 Å². The molecule has 0 aliphatic heterocycles. The average Bonchev–Trinajstić information content (AvgIpc) is 2.41. The van der Waals surface area contributed by atoms with Crippen molar-refractivity contribution in [2.24, 2.45) is 5.73 Å². The highest BCUT2D eigenvalue weighted by molar-refractivity contribution is 8.02. The van der Waals surface area contributed by atoms with Crippen LogP contribution in [0, 0.1) is 0 Å². The maximum Gasteiger partial charge on any atom is 0.0434 e. The fourth-order valence-corrected chi connectivity index (χ4v) is 2.18. The van der Waals surface area contributed by atoms with Crippen molar-refractivity contribution in [3.8, 4) is 0 Å². The van der Waals surface area contributed by atoms with E-state index in [0.29, 0.717) is 5.88 Å². The molecule has 2 nitrogen and oxygen atoms in total. The third-order valence-electron chi connectivity index (χ3n) is 2.81. The molecule has 0 aliphatic rings. The summed E-state index contributed by atoms with van der Waals surface area (Å²) in [6, 6.07) is 8.60. The summed E-state index contributed by atoms with van der Waals surface area (Å²) in [6.45, 7) is 5.40. The van der Waals surface area contributed by atoms with E-state index in [9.17, 15) is 0 Å². The molecule has 0 saturated heterocycles. The van der Waals surface area contributed by atoms with E-state index < -0.39 is 0 Å². The first-order chi connectivity index (χ1) is 8.77. The minimum atomic E-state index is 0.633. The maximum atomic E-state index is 5.47. The molecule has 1 aromatic rings. The van der Waals surface area contributed by atoms with E-state index in [1.165, 1.54) is 36.1 Å². The number of unbranched alkanes of at least 4 members (excludes halogenated alkanes) is 2. The Hall–Kier alpha value is -0.930. The average molecular weight is 264 g/mol. The summed E-state index contributed by atoms with van der Waals surface area (Å²) in [5.74, 6) is 0.633. The molecule has 1 rings (SSSR count). The second kappa shape index (κ2) is 9.06. The highest BCUT2D eigenvalue weighted by Crippen LogP contribution is 2.19. The molecular weight excluding hydrogens is 240 g/mol. The Labute approximate surface area is 115 Å². The van der Waals surface area contributed by atoms with Crippen molar-refractivity contribution in [1.29, 1.82) is 0 Å². The smallest absolute Gasteiger partial charge is 0.0434 e. The number of nitrogens with two attached hydrogens (primary N) is 1. The van der Waals surface area contributed by atoms with E-state index in [0.717, 1.165) is 6.54 Å². The zero-order valence-corrected chi connectivity index (χ0v) is 12.2. The van der Waals surface area contributed by atoms with E-state index >= 15 is 0 Å². The summed E-state index contributed by atoms with van der Waals surface area (Å²) >= 11 is 1.63. The molecule has 0 saturated carbocycles. The number of hydrogen-bond acceptors (Lipinski definition) is 3. The Balaban J connectivity index is 2.47. The number of rotatable bonds is 8. The van der Waals surface area contributed by atoms with E-state index in [4.69, 9.17) is 5.73 Å². The Morgan fingerprint density at radius 2 is 2.00 bits per heavy atom. The second-order valence-electron chi connectivity index (χ2n) is 4.35. The first kappa shape index (κ1) is 15.1. The second-order valence-corrected chi connectivity index (χ2v) is 5.25. The zero-order chi connectivity index (χ0) is 13.2. The summed E-state index contributed by atoms with van der Waals surface area (Å²) in [5.41, 5.74) is 9.20. The third kappa shape index (κ3) is 5.61. The summed E-state index contributed by atoms with van der Waals surface area (Å²) in [6.07, 6.45) is 3.80. The Morgan fingerprint density at radius 3 is 2.61 bits per heavy atom. The van der Waals surface area contributed by atoms with Crippen LogP contribution in [0.4, 0.5) is 5.69 Å². The molecule has 1 aromatic carbocycles. The SMILES string of the molecule is CCCCCNc1ccc(/C(C)=C/SCN)cc1. The quantitative estimate of drug-likeness (QED) is 0.543. The zero-order valence-electron chi connectivity index (χ0n) is 11.4. The highest BCUT2D eigenvalue weighted by Gasteiger charge is 1.96. The molecule has 0 unspecified atom stereocenters. The number of hydrogen-bond donors (Lipinski definition) is 2. The third-order valence-corrected chi connectivity index (χ3v) is 3.52. The fourth-order valence-electron chi connectivity index (χ4n) is 1.70. The number of nitrogens with one attached hydrogen (secondary N) is 1. The summed E-state index contributed by atoms with van der Waals surface area (Å²) in [5, 5.41) is 5.56. The van der Waals surface area contributed by atoms with Crippen LogP contribution >= 0.6 is 11.8 Å². The molecule has 0 atom stereocenters. The first-order valence-electron chi connectivity index (χ1n) is 6.60. The minimum absolute atomic E-state index is 0.633. The van der Waals surface area contributed by atoms with Crippen LogP contribution in [-0.2, 0) is 0 Å². The Kier molecular flexibility index (Phi) is 7.62. The van der Waals surface area contributed by atoms with E-state index in [-0.39, 0.29) is 0 Å². The molecule has 3 heteroatoms. The van der Waals surface area contributed by atoms with Gasteiger partial charge in [0.15, 0.2) is 0 Å². The molecule has 0 aromatic heterocycles. The fraction of sp³-hybridized carbons (Fsp3) is 0.467. The lowest BCUT2D eigenvalue weighted by Gasteiger charge is -2.07. The lowest BCUT2D eigenvalue weighted by atomic mass is 10.1. The molecule has 18 heavy (non-hydrogen) atoms. The van der Waals surface area contributed by atoms with Crippen molar-refractivity contribution in [2.45, 2.75) is 33.1 Å². The van der Waals surface area contributed by atoms with Crippen LogP contribution in [0.3, 0.4) is 0 Å². The number of anilines is 1. The molecule has 0 aliphatic carbocycles. The molecule has 0 fully saturated rings. The van der Waals surface area contributed by atoms with Gasteiger partial charge in [0, 0.05) is 18.1 Å². The van der Waals surface area contributed by atoms with Gasteiger partial charge in [0.1, 0.15) is 0 Å². The lowest BCUT2D eigenvalue weighted by Crippen LogP contribution is -2.00. The van der Waals surface area contributed by atoms with Crippen molar-refractivity contribution in [2.75, 3.05) is 17.7 Å². The van der Waals surface area contributed by atoms with E-state index in [1.807, 2.05) is 0 Å². The van der Waals surface area contributed by atoms with Crippen LogP contribution in [0.5, 0.6) is 0 Å². The van der Waals surface area contributed by atoms with Gasteiger partial charge in [-0.25, -0.2) is 0 Å². The summed E-state index contributed by atoms with van der Waals surface area (Å²) in [4.78, 5) is 0. The predicted octanol–water partition coefficient (Wildman–Crippen LogP) is 4.30. The number of benzene rings is 1. The Morgan fingerprint density at radius 1 is 1.28 bits per heavy atom. The first-order valence-corrected chi connectivity index (χ1v) is 7.65. The molecule has 0 bridgehead atoms. The summed E-state index contributed by atoms with van der Waals surface area (Å²) in [7, 11) is 0. The molecule has 0 radical (unpaired) electrons. The van der Waals surface area contributed by atoms with Gasteiger partial charge in [0.05, 0.1) is 0 Å². The Bertz CT molecular complexity index is 357. The van der Waals surface area contributed by atoms with Crippen molar-refractivity contribution in [1.82, 2.24) is 0 Å². The van der Waals surface area contributed by atoms with Crippen LogP contribution in [0.15, 0.2) is 29.7 Å². The van der Waals surface area contributed by atoms with Gasteiger partial charge >= 0.3 is 0 Å². The van der Waals surface area contributed by atoms with Crippen molar-refractivity contribution in [3.05, 3.63) is 35.2 Å². The molecule has 0 spiro atoms. The summed E-state index contributed by atoms with van der Waals surface area (Å²) < 4.78 is 0. The van der Waals surface area contributed by atoms with Crippen LogP contribution in [0.25, 0.3) is 5.57 Å². The van der Waals surface area contributed by atoms with Crippen LogP contribution in [-0.4, -0.2) is 12.4 Å². The minimum Gasteiger partial charge on any atom is -0.385 e. The predicted molar refractivity (Wildman–Crippen MR) is 84.8 cm³/mol. The van der Waals surface area contributed by atoms with Gasteiger partial charge < -0.3 is 11.1 Å². The van der Waals surface area contributed by atoms with Crippen LogP contribution in [0.1, 0.15) is 38.7 Å². The van der Waals surface area contributed by atoms with Gasteiger partial charge in [-0.2, -0.15) is 0 Å². The van der Waals surface area contributed by atoms with Crippen molar-refractivity contribution >= 4 is 23.0 Å². The van der Waals surface area contributed by atoms with Crippen molar-refractivity contribution in [3.63, 3.8) is 0 Å². The molecular formula is C15H24N2S. The molecule has 0 amide bonds. The van der Waals surface area contributed by atoms with Gasteiger partial charge in [-0.15, -0.1) is 11.8 Å². The number of allylic oxidation sites excluding steroid dienone is 1.